The quantitative estimate of drug-likeness (QED) is 0.842. The summed E-state index contributed by atoms with van der Waals surface area (Å²) in [6.07, 6.45) is 1.04. The molecule has 0 aliphatic carbocycles. The summed E-state index contributed by atoms with van der Waals surface area (Å²) in [5.74, 6) is 0.153. The molecule has 1 heterocycles. The van der Waals surface area contributed by atoms with Gasteiger partial charge in [-0.3, -0.25) is 4.79 Å². The number of amides is 1. The molecule has 22 heavy (non-hydrogen) atoms. The Kier molecular flexibility index (Phi) is 4.92. The Morgan fingerprint density at radius 2 is 1.73 bits per heavy atom. The van der Waals surface area contributed by atoms with Crippen molar-refractivity contribution < 1.29 is 13.2 Å². The third kappa shape index (κ3) is 3.03. The molecular weight excluding hydrogens is 300 g/mol. The molecule has 0 spiro atoms. The van der Waals surface area contributed by atoms with E-state index in [0.29, 0.717) is 25.9 Å². The molecule has 0 saturated carbocycles. The zero-order chi connectivity index (χ0) is 16.4. The zero-order valence-corrected chi connectivity index (χ0v) is 14.3. The summed E-state index contributed by atoms with van der Waals surface area (Å²) in [6, 6.07) is 9.70. The molecule has 1 aromatic rings. The number of carbonyl (C=O) groups excluding carboxylic acids is 1. The van der Waals surface area contributed by atoms with Crippen molar-refractivity contribution in [2.24, 2.45) is 0 Å². The van der Waals surface area contributed by atoms with E-state index >= 15 is 0 Å². The molecular formula is C16H24N2O3S. The third-order valence-corrected chi connectivity index (χ3v) is 6.36. The monoisotopic (exact) mass is 324 g/mol. The molecule has 0 radical (unpaired) electrons. The van der Waals surface area contributed by atoms with Gasteiger partial charge >= 0.3 is 0 Å². The number of hydrogen-bond donors (Lipinski definition) is 0. The molecule has 1 saturated heterocycles. The van der Waals surface area contributed by atoms with Crippen molar-refractivity contribution in [3.8, 4) is 0 Å². The molecule has 122 valence electrons. The molecule has 0 bridgehead atoms. The number of hydrogen-bond acceptors (Lipinski definition) is 3. The van der Waals surface area contributed by atoms with Crippen molar-refractivity contribution in [2.75, 3.05) is 32.9 Å². The lowest BCUT2D eigenvalue weighted by Gasteiger charge is -2.41. The van der Waals surface area contributed by atoms with Gasteiger partial charge in [0, 0.05) is 27.2 Å². The minimum atomic E-state index is -3.19. The van der Waals surface area contributed by atoms with E-state index in [2.05, 4.69) is 0 Å². The van der Waals surface area contributed by atoms with Gasteiger partial charge in [0.15, 0.2) is 0 Å². The van der Waals surface area contributed by atoms with Gasteiger partial charge in [0.05, 0.1) is 11.2 Å². The highest BCUT2D eigenvalue weighted by Gasteiger charge is 2.45. The van der Waals surface area contributed by atoms with Crippen molar-refractivity contribution >= 4 is 15.9 Å². The largest absolute Gasteiger partial charge is 0.348 e. The van der Waals surface area contributed by atoms with Crippen LogP contribution >= 0.6 is 0 Å². The van der Waals surface area contributed by atoms with Crippen LogP contribution < -0.4 is 0 Å². The van der Waals surface area contributed by atoms with Crippen LogP contribution in [0.25, 0.3) is 0 Å². The molecule has 0 atom stereocenters. The van der Waals surface area contributed by atoms with Crippen LogP contribution in [0.3, 0.4) is 0 Å². The highest BCUT2D eigenvalue weighted by molar-refractivity contribution is 7.89. The Labute approximate surface area is 133 Å². The van der Waals surface area contributed by atoms with Gasteiger partial charge < -0.3 is 4.90 Å². The maximum Gasteiger partial charge on any atom is 0.232 e. The van der Waals surface area contributed by atoms with Crippen LogP contribution in [0, 0.1) is 0 Å². The molecule has 1 fully saturated rings. The fourth-order valence-electron chi connectivity index (χ4n) is 3.14. The lowest BCUT2D eigenvalue weighted by Crippen LogP contribution is -2.52. The Morgan fingerprint density at radius 3 is 2.18 bits per heavy atom. The first-order valence-corrected chi connectivity index (χ1v) is 9.19. The van der Waals surface area contributed by atoms with E-state index in [1.165, 1.54) is 4.31 Å². The normalized spacial score (nSPS) is 18.9. The predicted octanol–water partition coefficient (Wildman–Crippen LogP) is 1.46. The standard InChI is InChI=1S/C16H24N2O3S/c1-4-22(20,21)18-12-10-16(11-13-18,15(19)17(2)3)14-8-6-5-7-9-14/h5-9H,4,10-13H2,1-3H3. The lowest BCUT2D eigenvalue weighted by molar-refractivity contribution is -0.136. The van der Waals surface area contributed by atoms with Gasteiger partial charge in [0.25, 0.3) is 0 Å². The summed E-state index contributed by atoms with van der Waals surface area (Å²) in [6.45, 7) is 2.44. The number of likely N-dealkylation sites (N-methyl/N-ethyl adjacent to an activating group) is 1. The maximum atomic E-state index is 12.8. The highest BCUT2D eigenvalue weighted by Crippen LogP contribution is 2.37. The van der Waals surface area contributed by atoms with Crippen molar-refractivity contribution in [1.82, 2.24) is 9.21 Å². The number of piperidine rings is 1. The van der Waals surface area contributed by atoms with E-state index in [9.17, 15) is 13.2 Å². The first kappa shape index (κ1) is 17.0. The fraction of sp³-hybridized carbons (Fsp3) is 0.562. The van der Waals surface area contributed by atoms with Crippen LogP contribution in [-0.4, -0.2) is 56.5 Å². The van der Waals surface area contributed by atoms with Gasteiger partial charge in [-0.15, -0.1) is 0 Å². The number of sulfonamides is 1. The summed E-state index contributed by atoms with van der Waals surface area (Å²) < 4.78 is 25.6. The minimum Gasteiger partial charge on any atom is -0.348 e. The topological polar surface area (TPSA) is 57.7 Å². The molecule has 0 N–H and O–H groups in total. The van der Waals surface area contributed by atoms with Gasteiger partial charge in [-0.2, -0.15) is 0 Å². The van der Waals surface area contributed by atoms with E-state index in [4.69, 9.17) is 0 Å². The average molecular weight is 324 g/mol. The molecule has 1 aliphatic heterocycles. The molecule has 5 nitrogen and oxygen atoms in total. The van der Waals surface area contributed by atoms with Gasteiger partial charge in [-0.25, -0.2) is 12.7 Å². The van der Waals surface area contributed by atoms with Crippen molar-refractivity contribution in [2.45, 2.75) is 25.2 Å². The first-order chi connectivity index (χ1) is 10.3. The summed E-state index contributed by atoms with van der Waals surface area (Å²) >= 11 is 0. The smallest absolute Gasteiger partial charge is 0.232 e. The Morgan fingerprint density at radius 1 is 1.18 bits per heavy atom. The first-order valence-electron chi connectivity index (χ1n) is 7.58. The summed E-state index contributed by atoms with van der Waals surface area (Å²) in [4.78, 5) is 14.4. The molecule has 0 unspecified atom stereocenters. The van der Waals surface area contributed by atoms with E-state index in [-0.39, 0.29) is 11.7 Å². The lowest BCUT2D eigenvalue weighted by atomic mass is 9.72. The third-order valence-electron chi connectivity index (χ3n) is 4.48. The van der Waals surface area contributed by atoms with Crippen molar-refractivity contribution in [3.63, 3.8) is 0 Å². The predicted molar refractivity (Wildman–Crippen MR) is 87.1 cm³/mol. The van der Waals surface area contributed by atoms with Gasteiger partial charge in [-0.1, -0.05) is 30.3 Å². The number of nitrogens with zero attached hydrogens (tertiary/aromatic N) is 2. The van der Waals surface area contributed by atoms with E-state index in [1.807, 2.05) is 30.3 Å². The second kappa shape index (κ2) is 6.38. The fourth-order valence-corrected chi connectivity index (χ4v) is 4.24. The zero-order valence-electron chi connectivity index (χ0n) is 13.4. The SMILES string of the molecule is CCS(=O)(=O)N1CCC(C(=O)N(C)C)(c2ccccc2)CC1. The number of carbonyl (C=O) groups is 1. The summed E-state index contributed by atoms with van der Waals surface area (Å²) in [7, 11) is 0.313. The highest BCUT2D eigenvalue weighted by atomic mass is 32.2. The Hall–Kier alpha value is -1.40. The van der Waals surface area contributed by atoms with Gasteiger partial charge in [-0.05, 0) is 25.3 Å². The summed E-state index contributed by atoms with van der Waals surface area (Å²) in [5, 5.41) is 0. The molecule has 1 amide bonds. The van der Waals surface area contributed by atoms with Crippen molar-refractivity contribution in [1.29, 1.82) is 0 Å². The second-order valence-electron chi connectivity index (χ2n) is 5.95. The van der Waals surface area contributed by atoms with Gasteiger partial charge in [0.1, 0.15) is 0 Å². The Balaban J connectivity index is 2.33. The van der Waals surface area contributed by atoms with Crippen LogP contribution in [0.1, 0.15) is 25.3 Å². The van der Waals surface area contributed by atoms with Crippen LogP contribution in [0.15, 0.2) is 30.3 Å². The number of rotatable bonds is 4. The maximum absolute atomic E-state index is 12.8. The van der Waals surface area contributed by atoms with Crippen LogP contribution in [-0.2, 0) is 20.2 Å². The van der Waals surface area contributed by atoms with Crippen LogP contribution in [0.5, 0.6) is 0 Å². The van der Waals surface area contributed by atoms with Crippen LogP contribution in [0.2, 0.25) is 0 Å². The van der Waals surface area contributed by atoms with Crippen LogP contribution in [0.4, 0.5) is 0 Å². The molecule has 6 heteroatoms. The van der Waals surface area contributed by atoms with E-state index in [0.717, 1.165) is 5.56 Å². The second-order valence-corrected chi connectivity index (χ2v) is 8.20. The Bertz CT molecular complexity index is 618. The van der Waals surface area contributed by atoms with Crippen molar-refractivity contribution in [3.05, 3.63) is 35.9 Å². The number of benzene rings is 1. The van der Waals surface area contributed by atoms with Gasteiger partial charge in [0.2, 0.25) is 15.9 Å². The summed E-state index contributed by atoms with van der Waals surface area (Å²) in [5.41, 5.74) is 0.354. The molecule has 1 aliphatic rings. The molecule has 2 rings (SSSR count). The average Bonchev–Trinajstić information content (AvgIpc) is 2.55. The molecule has 0 aromatic heterocycles. The minimum absolute atomic E-state index is 0.0484. The van der Waals surface area contributed by atoms with E-state index in [1.54, 1.807) is 25.9 Å². The molecule has 1 aromatic carbocycles. The van der Waals surface area contributed by atoms with E-state index < -0.39 is 15.4 Å².